The molecule has 0 spiro atoms. The lowest BCUT2D eigenvalue weighted by Gasteiger charge is -2.32. The van der Waals surface area contributed by atoms with Crippen LogP contribution >= 0.6 is 12.4 Å². The van der Waals surface area contributed by atoms with E-state index in [1.54, 1.807) is 0 Å². The van der Waals surface area contributed by atoms with Gasteiger partial charge in [-0.25, -0.2) is 8.78 Å². The van der Waals surface area contributed by atoms with E-state index in [0.29, 0.717) is 13.2 Å². The van der Waals surface area contributed by atoms with Crippen molar-refractivity contribution in [3.05, 3.63) is 0 Å². The Labute approximate surface area is 70.5 Å². The van der Waals surface area contributed by atoms with Crippen molar-refractivity contribution < 1.29 is 13.5 Å². The van der Waals surface area contributed by atoms with E-state index in [9.17, 15) is 8.78 Å². The van der Waals surface area contributed by atoms with Crippen molar-refractivity contribution in [2.45, 2.75) is 24.8 Å². The highest BCUT2D eigenvalue weighted by Crippen LogP contribution is 2.24. The summed E-state index contributed by atoms with van der Waals surface area (Å²) in [6.07, 6.45) is -1.88. The van der Waals surface area contributed by atoms with E-state index in [-0.39, 0.29) is 25.2 Å². The van der Waals surface area contributed by atoms with Gasteiger partial charge in [-0.1, -0.05) is 0 Å². The molecule has 0 amide bonds. The van der Waals surface area contributed by atoms with Crippen LogP contribution in [0, 0.1) is 0 Å². The Morgan fingerprint density at radius 2 is 1.73 bits per heavy atom. The van der Waals surface area contributed by atoms with Gasteiger partial charge in [-0.15, -0.1) is 12.4 Å². The molecule has 0 aromatic heterocycles. The highest BCUT2D eigenvalue weighted by molar-refractivity contribution is 5.85. The number of hydrogen-bond donors (Lipinski definition) is 1. The summed E-state index contributed by atoms with van der Waals surface area (Å²) in [6.45, 7) is 0.724. The maximum absolute atomic E-state index is 12.1. The lowest BCUT2D eigenvalue weighted by Crippen LogP contribution is -2.51. The topological polar surface area (TPSA) is 35.2 Å². The molecule has 1 aliphatic rings. The first kappa shape index (κ1) is 11.1. The summed E-state index contributed by atoms with van der Waals surface area (Å²) in [5, 5.41) is 0. The lowest BCUT2D eigenvalue weighted by molar-refractivity contribution is -0.0269. The number of alkyl halides is 2. The zero-order valence-corrected chi connectivity index (χ0v) is 6.87. The Hall–Kier alpha value is 0.0700. The fourth-order valence-corrected chi connectivity index (χ4v) is 0.970. The average Bonchev–Trinajstić information content (AvgIpc) is 1.89. The fraction of sp³-hybridized carbons (Fsp3) is 1.00. The Kier molecular flexibility index (Phi) is 4.21. The van der Waals surface area contributed by atoms with Crippen LogP contribution < -0.4 is 5.73 Å². The number of rotatable bonds is 1. The molecule has 1 aliphatic heterocycles. The minimum atomic E-state index is -2.42. The van der Waals surface area contributed by atoms with Crippen molar-refractivity contribution in [1.82, 2.24) is 0 Å². The first-order valence-electron chi connectivity index (χ1n) is 3.30. The van der Waals surface area contributed by atoms with Gasteiger partial charge in [0.05, 0.1) is 5.54 Å². The molecule has 68 valence electrons. The minimum Gasteiger partial charge on any atom is -0.381 e. The van der Waals surface area contributed by atoms with Gasteiger partial charge in [0, 0.05) is 13.2 Å². The third-order valence-electron chi connectivity index (χ3n) is 1.86. The van der Waals surface area contributed by atoms with Gasteiger partial charge in [0.15, 0.2) is 0 Å². The fourth-order valence-electron chi connectivity index (χ4n) is 0.970. The summed E-state index contributed by atoms with van der Waals surface area (Å²) in [5.74, 6) is 0. The zero-order chi connectivity index (χ0) is 7.61. The SMILES string of the molecule is Cl.NC1(C(F)F)CCOCC1. The summed E-state index contributed by atoms with van der Waals surface area (Å²) in [6, 6.07) is 0. The van der Waals surface area contributed by atoms with Crippen molar-refractivity contribution in [3.8, 4) is 0 Å². The largest absolute Gasteiger partial charge is 0.381 e. The Bertz CT molecular complexity index is 117. The molecule has 11 heavy (non-hydrogen) atoms. The molecule has 0 unspecified atom stereocenters. The molecular formula is C6H12ClF2NO. The molecule has 0 saturated carbocycles. The molecule has 0 aliphatic carbocycles. The molecule has 5 heteroatoms. The van der Waals surface area contributed by atoms with Crippen molar-refractivity contribution in [1.29, 1.82) is 0 Å². The average molecular weight is 188 g/mol. The van der Waals surface area contributed by atoms with Crippen LogP contribution in [0.3, 0.4) is 0 Å². The zero-order valence-electron chi connectivity index (χ0n) is 6.06. The normalized spacial score (nSPS) is 22.9. The molecule has 1 saturated heterocycles. The van der Waals surface area contributed by atoms with Crippen LogP contribution in [0.1, 0.15) is 12.8 Å². The van der Waals surface area contributed by atoms with Gasteiger partial charge < -0.3 is 10.5 Å². The lowest BCUT2D eigenvalue weighted by atomic mass is 9.92. The van der Waals surface area contributed by atoms with E-state index in [1.807, 2.05) is 0 Å². The van der Waals surface area contributed by atoms with E-state index < -0.39 is 12.0 Å². The van der Waals surface area contributed by atoms with Crippen LogP contribution in [0.5, 0.6) is 0 Å². The Morgan fingerprint density at radius 1 is 1.27 bits per heavy atom. The monoisotopic (exact) mass is 187 g/mol. The number of hydrogen-bond acceptors (Lipinski definition) is 2. The van der Waals surface area contributed by atoms with E-state index in [2.05, 4.69) is 0 Å². The van der Waals surface area contributed by atoms with Crippen molar-refractivity contribution in [3.63, 3.8) is 0 Å². The molecular weight excluding hydrogens is 176 g/mol. The van der Waals surface area contributed by atoms with E-state index in [4.69, 9.17) is 10.5 Å². The van der Waals surface area contributed by atoms with Crippen LogP contribution in [-0.4, -0.2) is 25.2 Å². The summed E-state index contributed by atoms with van der Waals surface area (Å²) in [5.41, 5.74) is 4.09. The third kappa shape index (κ3) is 2.54. The first-order chi connectivity index (χ1) is 4.65. The molecule has 0 aromatic carbocycles. The van der Waals surface area contributed by atoms with Gasteiger partial charge in [-0.3, -0.25) is 0 Å². The highest BCUT2D eigenvalue weighted by atomic mass is 35.5. The second kappa shape index (κ2) is 4.18. The van der Waals surface area contributed by atoms with Gasteiger partial charge >= 0.3 is 0 Å². The maximum atomic E-state index is 12.1. The summed E-state index contributed by atoms with van der Waals surface area (Å²) in [7, 11) is 0. The summed E-state index contributed by atoms with van der Waals surface area (Å²) < 4.78 is 29.2. The molecule has 1 rings (SSSR count). The predicted molar refractivity (Wildman–Crippen MR) is 40.2 cm³/mol. The van der Waals surface area contributed by atoms with Crippen molar-refractivity contribution >= 4 is 12.4 Å². The standard InChI is InChI=1S/C6H11F2NO.ClH/c7-5(8)6(9)1-3-10-4-2-6;/h5H,1-4,9H2;1H. The van der Waals surface area contributed by atoms with Crippen LogP contribution in [0.25, 0.3) is 0 Å². The molecule has 1 fully saturated rings. The minimum absolute atomic E-state index is 0. The second-order valence-electron chi connectivity index (χ2n) is 2.65. The van der Waals surface area contributed by atoms with E-state index in [1.165, 1.54) is 0 Å². The van der Waals surface area contributed by atoms with Crippen molar-refractivity contribution in [2.75, 3.05) is 13.2 Å². The van der Waals surface area contributed by atoms with Gasteiger partial charge in [-0.05, 0) is 12.8 Å². The predicted octanol–water partition coefficient (Wildman–Crippen LogP) is 1.18. The third-order valence-corrected chi connectivity index (χ3v) is 1.86. The van der Waals surface area contributed by atoms with Crippen LogP contribution in [0.2, 0.25) is 0 Å². The number of halogens is 3. The van der Waals surface area contributed by atoms with Crippen molar-refractivity contribution in [2.24, 2.45) is 5.73 Å². The van der Waals surface area contributed by atoms with Gasteiger partial charge in [0.25, 0.3) is 6.43 Å². The number of ether oxygens (including phenoxy) is 1. The Morgan fingerprint density at radius 3 is 2.00 bits per heavy atom. The molecule has 1 heterocycles. The molecule has 0 bridgehead atoms. The summed E-state index contributed by atoms with van der Waals surface area (Å²) in [4.78, 5) is 0. The van der Waals surface area contributed by atoms with E-state index in [0.717, 1.165) is 0 Å². The molecule has 2 N–H and O–H groups in total. The van der Waals surface area contributed by atoms with Gasteiger partial charge in [0.1, 0.15) is 0 Å². The van der Waals surface area contributed by atoms with Crippen LogP contribution in [0.15, 0.2) is 0 Å². The van der Waals surface area contributed by atoms with Gasteiger partial charge in [0.2, 0.25) is 0 Å². The molecule has 0 aromatic rings. The number of nitrogens with two attached hydrogens (primary N) is 1. The molecule has 0 atom stereocenters. The van der Waals surface area contributed by atoms with Gasteiger partial charge in [-0.2, -0.15) is 0 Å². The van der Waals surface area contributed by atoms with Crippen LogP contribution in [0.4, 0.5) is 8.78 Å². The highest BCUT2D eigenvalue weighted by Gasteiger charge is 2.37. The van der Waals surface area contributed by atoms with Crippen LogP contribution in [-0.2, 0) is 4.74 Å². The second-order valence-corrected chi connectivity index (χ2v) is 2.65. The first-order valence-corrected chi connectivity index (χ1v) is 3.30. The molecule has 0 radical (unpaired) electrons. The smallest absolute Gasteiger partial charge is 0.256 e. The molecule has 2 nitrogen and oxygen atoms in total. The maximum Gasteiger partial charge on any atom is 0.256 e. The Balaban J connectivity index is 0.000001000. The van der Waals surface area contributed by atoms with E-state index >= 15 is 0 Å². The quantitative estimate of drug-likeness (QED) is 0.669. The summed E-state index contributed by atoms with van der Waals surface area (Å²) >= 11 is 0.